The number of rotatable bonds is 10. The molecular weight excluding hydrogens is 488 g/mol. The van der Waals surface area contributed by atoms with Crippen LogP contribution in [0.15, 0.2) is 60.7 Å². The van der Waals surface area contributed by atoms with Gasteiger partial charge < -0.3 is 30.6 Å². The molecule has 1 aliphatic heterocycles. The molecule has 36 heavy (non-hydrogen) atoms. The highest BCUT2D eigenvalue weighted by Gasteiger charge is 2.21. The molecule has 0 unspecified atom stereocenters. The minimum atomic E-state index is -1.26. The van der Waals surface area contributed by atoms with Crippen molar-refractivity contribution in [1.29, 1.82) is 0 Å². The monoisotopic (exact) mass is 516 g/mol. The highest BCUT2D eigenvalue weighted by Crippen LogP contribution is 2.38. The summed E-state index contributed by atoms with van der Waals surface area (Å²) >= 11 is 6.28. The number of nitrogens with one attached hydrogen (secondary N) is 1. The molecule has 0 aliphatic carbocycles. The van der Waals surface area contributed by atoms with Crippen LogP contribution in [0.1, 0.15) is 24.0 Å². The Kier molecular flexibility index (Phi) is 11.5. The van der Waals surface area contributed by atoms with Crippen LogP contribution in [-0.2, 0) is 27.2 Å². The number of nitrogens with zero attached hydrogens (tertiary/aromatic N) is 1. The Hall–Kier alpha value is -3.82. The van der Waals surface area contributed by atoms with E-state index in [-0.39, 0.29) is 0 Å². The van der Waals surface area contributed by atoms with E-state index in [4.69, 9.17) is 26.9 Å². The predicted molar refractivity (Wildman–Crippen MR) is 137 cm³/mol. The highest BCUT2D eigenvalue weighted by molar-refractivity contribution is 6.30. The van der Waals surface area contributed by atoms with Gasteiger partial charge >= 0.3 is 17.9 Å². The van der Waals surface area contributed by atoms with Gasteiger partial charge in [-0.3, -0.25) is 0 Å². The SMILES string of the molecule is O=C(O)/C=C/CNCCCCN1c2ccc(O)cc2CCc2ccc(Cl)cc21.O=C(O)/C=C\C(=O)O. The normalized spacial score (nSPS) is 12.4. The minimum Gasteiger partial charge on any atom is -0.508 e. The standard InChI is InChI=1S/C22H25ClN2O3.C4H4O4/c23-18-8-7-16-5-6-17-14-19(26)9-10-20(17)25(21(16)15-18)13-2-1-11-24-12-3-4-22(27)28;5-3(6)1-2-4(7)8/h3-4,7-10,14-15,24,26H,1-2,5-6,11-13H2,(H,27,28);1-2H,(H,5,6)(H,7,8)/b4-3+;2-1-. The molecule has 0 atom stereocenters. The van der Waals surface area contributed by atoms with Gasteiger partial charge in [-0.05, 0) is 73.7 Å². The van der Waals surface area contributed by atoms with Crippen molar-refractivity contribution in [2.75, 3.05) is 24.5 Å². The number of aromatic hydroxyl groups is 1. The Balaban J connectivity index is 0.000000493. The molecule has 1 heterocycles. The number of phenols is 1. The maximum absolute atomic E-state index is 10.4. The first-order valence-electron chi connectivity index (χ1n) is 11.3. The summed E-state index contributed by atoms with van der Waals surface area (Å²) in [4.78, 5) is 31.8. The Bertz CT molecular complexity index is 1120. The molecule has 0 saturated carbocycles. The fourth-order valence-electron chi connectivity index (χ4n) is 3.68. The van der Waals surface area contributed by atoms with E-state index in [2.05, 4.69) is 16.3 Å². The van der Waals surface area contributed by atoms with E-state index < -0.39 is 17.9 Å². The van der Waals surface area contributed by atoms with Crippen LogP contribution in [0.25, 0.3) is 0 Å². The summed E-state index contributed by atoms with van der Waals surface area (Å²) in [6, 6.07) is 11.6. The zero-order chi connectivity index (χ0) is 26.5. The smallest absolute Gasteiger partial charge is 0.328 e. The lowest BCUT2D eigenvalue weighted by Crippen LogP contribution is -2.22. The topological polar surface area (TPSA) is 147 Å². The van der Waals surface area contributed by atoms with Gasteiger partial charge in [0.25, 0.3) is 0 Å². The number of hydrogen-bond donors (Lipinski definition) is 5. The van der Waals surface area contributed by atoms with Gasteiger partial charge in [0.2, 0.25) is 0 Å². The number of carboxylic acid groups (broad SMARTS) is 3. The van der Waals surface area contributed by atoms with E-state index in [1.165, 1.54) is 5.56 Å². The molecular formula is C26H29ClN2O7. The Morgan fingerprint density at radius 2 is 1.53 bits per heavy atom. The van der Waals surface area contributed by atoms with E-state index in [0.717, 1.165) is 66.8 Å². The first kappa shape index (κ1) is 28.4. The van der Waals surface area contributed by atoms with Crippen LogP contribution in [0.4, 0.5) is 11.4 Å². The molecule has 0 aromatic heterocycles. The number of carbonyl (C=O) groups is 3. The van der Waals surface area contributed by atoms with Crippen LogP contribution < -0.4 is 10.2 Å². The maximum atomic E-state index is 10.4. The fraction of sp³-hybridized carbons (Fsp3) is 0.269. The van der Waals surface area contributed by atoms with Gasteiger partial charge in [-0.2, -0.15) is 0 Å². The summed E-state index contributed by atoms with van der Waals surface area (Å²) in [6.45, 7) is 2.22. The highest BCUT2D eigenvalue weighted by atomic mass is 35.5. The molecule has 192 valence electrons. The van der Waals surface area contributed by atoms with Gasteiger partial charge in [-0.1, -0.05) is 23.7 Å². The van der Waals surface area contributed by atoms with Crippen molar-refractivity contribution in [3.63, 3.8) is 0 Å². The number of phenolic OH excluding ortho intramolecular Hbond substituents is 1. The first-order chi connectivity index (χ1) is 17.2. The van der Waals surface area contributed by atoms with Gasteiger partial charge in [0.15, 0.2) is 0 Å². The van der Waals surface area contributed by atoms with Gasteiger partial charge in [-0.25, -0.2) is 14.4 Å². The molecule has 0 amide bonds. The summed E-state index contributed by atoms with van der Waals surface area (Å²) in [5.41, 5.74) is 4.66. The van der Waals surface area contributed by atoms with Crippen molar-refractivity contribution >= 4 is 40.9 Å². The third-order valence-electron chi connectivity index (χ3n) is 5.23. The van der Waals surface area contributed by atoms with E-state index >= 15 is 0 Å². The molecule has 0 saturated heterocycles. The Morgan fingerprint density at radius 1 is 0.861 bits per heavy atom. The molecule has 10 heteroatoms. The molecule has 2 aromatic carbocycles. The molecule has 2 aromatic rings. The number of unbranched alkanes of at least 4 members (excludes halogenated alkanes) is 1. The van der Waals surface area contributed by atoms with Crippen molar-refractivity contribution in [1.82, 2.24) is 5.32 Å². The molecule has 3 rings (SSSR count). The van der Waals surface area contributed by atoms with Crippen molar-refractivity contribution < 1.29 is 34.8 Å². The molecule has 0 fully saturated rings. The number of fused-ring (bicyclic) bond motifs is 2. The molecule has 0 radical (unpaired) electrons. The second-order valence-electron chi connectivity index (χ2n) is 7.90. The average Bonchev–Trinajstić information content (AvgIpc) is 2.96. The van der Waals surface area contributed by atoms with Gasteiger partial charge in [0.1, 0.15) is 5.75 Å². The minimum absolute atomic E-state index is 0.293. The molecule has 5 N–H and O–H groups in total. The third kappa shape index (κ3) is 9.81. The molecule has 1 aliphatic rings. The predicted octanol–water partition coefficient (Wildman–Crippen LogP) is 4.00. The fourth-order valence-corrected chi connectivity index (χ4v) is 3.85. The van der Waals surface area contributed by atoms with Crippen LogP contribution >= 0.6 is 11.6 Å². The van der Waals surface area contributed by atoms with Crippen molar-refractivity contribution in [3.05, 3.63) is 76.9 Å². The number of aryl methyl sites for hydroxylation is 2. The number of benzene rings is 2. The molecule has 0 spiro atoms. The number of halogens is 1. The summed E-state index contributed by atoms with van der Waals surface area (Å²) in [5.74, 6) is -3.15. The zero-order valence-electron chi connectivity index (χ0n) is 19.6. The third-order valence-corrected chi connectivity index (χ3v) is 5.47. The molecule has 9 nitrogen and oxygen atoms in total. The summed E-state index contributed by atoms with van der Waals surface area (Å²) in [6.07, 6.45) is 7.62. The van der Waals surface area contributed by atoms with Crippen LogP contribution in [-0.4, -0.2) is 58.0 Å². The number of hydrogen-bond acceptors (Lipinski definition) is 6. The second kappa shape index (κ2) is 14.6. The van der Waals surface area contributed by atoms with Crippen molar-refractivity contribution in [2.24, 2.45) is 0 Å². The number of carboxylic acids is 3. The quantitative estimate of drug-likeness (QED) is 0.233. The summed E-state index contributed by atoms with van der Waals surface area (Å²) < 4.78 is 0. The first-order valence-corrected chi connectivity index (χ1v) is 11.7. The van der Waals surface area contributed by atoms with E-state index in [0.29, 0.717) is 24.4 Å². The lowest BCUT2D eigenvalue weighted by Gasteiger charge is -2.27. The Labute approximate surface area is 213 Å². The number of aliphatic carboxylic acids is 3. The van der Waals surface area contributed by atoms with Gasteiger partial charge in [-0.15, -0.1) is 0 Å². The van der Waals surface area contributed by atoms with Crippen LogP contribution in [0.5, 0.6) is 5.75 Å². The number of anilines is 2. The van der Waals surface area contributed by atoms with Crippen LogP contribution in [0.3, 0.4) is 0 Å². The van der Waals surface area contributed by atoms with Crippen molar-refractivity contribution in [3.8, 4) is 5.75 Å². The van der Waals surface area contributed by atoms with Crippen molar-refractivity contribution in [2.45, 2.75) is 25.7 Å². The van der Waals surface area contributed by atoms with Crippen LogP contribution in [0, 0.1) is 0 Å². The van der Waals surface area contributed by atoms with E-state index in [9.17, 15) is 19.5 Å². The summed E-state index contributed by atoms with van der Waals surface area (Å²) in [7, 11) is 0. The molecule has 0 bridgehead atoms. The van der Waals surface area contributed by atoms with Crippen LogP contribution in [0.2, 0.25) is 5.02 Å². The Morgan fingerprint density at radius 3 is 2.19 bits per heavy atom. The summed E-state index contributed by atoms with van der Waals surface area (Å²) in [5, 5.41) is 38.0. The lowest BCUT2D eigenvalue weighted by atomic mass is 10.0. The van der Waals surface area contributed by atoms with Gasteiger partial charge in [0, 0.05) is 47.7 Å². The van der Waals surface area contributed by atoms with E-state index in [1.807, 2.05) is 24.3 Å². The van der Waals surface area contributed by atoms with Gasteiger partial charge in [0.05, 0.1) is 0 Å². The maximum Gasteiger partial charge on any atom is 0.328 e. The van der Waals surface area contributed by atoms with E-state index in [1.54, 1.807) is 12.1 Å². The lowest BCUT2D eigenvalue weighted by molar-refractivity contribution is -0.134. The zero-order valence-corrected chi connectivity index (χ0v) is 20.3. The largest absolute Gasteiger partial charge is 0.508 e. The average molecular weight is 517 g/mol. The second-order valence-corrected chi connectivity index (χ2v) is 8.34.